The van der Waals surface area contributed by atoms with Crippen molar-refractivity contribution < 1.29 is 13.9 Å². The second kappa shape index (κ2) is 7.28. The van der Waals surface area contributed by atoms with Crippen LogP contribution in [0.15, 0.2) is 67.4 Å². The van der Waals surface area contributed by atoms with E-state index in [0.29, 0.717) is 34.4 Å². The van der Waals surface area contributed by atoms with E-state index in [2.05, 4.69) is 10.2 Å². The van der Waals surface area contributed by atoms with E-state index in [1.165, 1.54) is 17.8 Å². The Bertz CT molecular complexity index is 1150. The van der Waals surface area contributed by atoms with E-state index in [1.807, 2.05) is 30.3 Å². The molecule has 0 unspecified atom stereocenters. The van der Waals surface area contributed by atoms with Crippen LogP contribution in [0.25, 0.3) is 11.0 Å². The molecule has 2 heterocycles. The van der Waals surface area contributed by atoms with Gasteiger partial charge in [-0.25, -0.2) is 4.79 Å². The number of phenolic OH excluding ortho intramolecular Hbond substituents is 1. The van der Waals surface area contributed by atoms with Gasteiger partial charge in [-0.2, -0.15) is 0 Å². The molecule has 0 amide bonds. The van der Waals surface area contributed by atoms with Gasteiger partial charge in [0.05, 0.1) is 6.42 Å². The summed E-state index contributed by atoms with van der Waals surface area (Å²) in [7, 11) is 0. The predicted molar refractivity (Wildman–Crippen MR) is 102 cm³/mol. The highest BCUT2D eigenvalue weighted by molar-refractivity contribution is 7.98. The third-order valence-electron chi connectivity index (χ3n) is 4.22. The number of benzene rings is 2. The van der Waals surface area contributed by atoms with Gasteiger partial charge in [-0.3, -0.25) is 0 Å². The molecule has 0 aliphatic carbocycles. The average molecular weight is 380 g/mol. The zero-order chi connectivity index (χ0) is 18.8. The lowest BCUT2D eigenvalue weighted by atomic mass is 10.1. The third-order valence-corrected chi connectivity index (χ3v) is 5.08. The van der Waals surface area contributed by atoms with E-state index < -0.39 is 5.63 Å². The van der Waals surface area contributed by atoms with Crippen LogP contribution in [0.1, 0.15) is 22.6 Å². The first kappa shape index (κ1) is 17.4. The summed E-state index contributed by atoms with van der Waals surface area (Å²) in [5, 5.41) is 19.2. The minimum Gasteiger partial charge on any atom is -0.508 e. The van der Waals surface area contributed by atoms with Crippen LogP contribution in [0.5, 0.6) is 5.75 Å². The fraction of sp³-hybridized carbons (Fsp3) is 0.150. The van der Waals surface area contributed by atoms with Crippen LogP contribution in [0.3, 0.4) is 0 Å². The first-order chi connectivity index (χ1) is 13.1. The maximum Gasteiger partial charge on any atom is 0.336 e. The highest BCUT2D eigenvalue weighted by atomic mass is 32.2. The molecule has 0 bridgehead atoms. The number of phenols is 1. The van der Waals surface area contributed by atoms with Crippen molar-refractivity contribution in [2.24, 2.45) is 0 Å². The second-order valence-corrected chi connectivity index (χ2v) is 7.02. The van der Waals surface area contributed by atoms with E-state index in [1.54, 1.807) is 19.1 Å². The van der Waals surface area contributed by atoms with Gasteiger partial charge in [0.2, 0.25) is 5.89 Å². The number of rotatable bonds is 5. The SMILES string of the molecule is Cc1c(O)ccc2c(CSc3nnc(Cc4ccccc4)o3)cc(=O)oc12. The van der Waals surface area contributed by atoms with Crippen molar-refractivity contribution in [3.8, 4) is 5.75 Å². The molecule has 0 atom stereocenters. The lowest BCUT2D eigenvalue weighted by molar-refractivity contribution is 0.420. The molecule has 0 spiro atoms. The lowest BCUT2D eigenvalue weighted by Crippen LogP contribution is -2.01. The molecule has 2 aromatic heterocycles. The molecule has 27 heavy (non-hydrogen) atoms. The lowest BCUT2D eigenvalue weighted by Gasteiger charge is -2.07. The Morgan fingerprint density at radius 3 is 2.70 bits per heavy atom. The maximum atomic E-state index is 11.9. The molecule has 136 valence electrons. The van der Waals surface area contributed by atoms with E-state index in [9.17, 15) is 9.90 Å². The summed E-state index contributed by atoms with van der Waals surface area (Å²) in [5.74, 6) is 1.11. The fourth-order valence-electron chi connectivity index (χ4n) is 2.81. The predicted octanol–water partition coefficient (Wildman–Crippen LogP) is 4.07. The van der Waals surface area contributed by atoms with Gasteiger partial charge in [0.1, 0.15) is 11.3 Å². The topological polar surface area (TPSA) is 89.4 Å². The molecule has 0 aliphatic rings. The summed E-state index contributed by atoms with van der Waals surface area (Å²) < 4.78 is 11.0. The number of fused-ring (bicyclic) bond motifs is 1. The van der Waals surface area contributed by atoms with Gasteiger partial charge < -0.3 is 13.9 Å². The smallest absolute Gasteiger partial charge is 0.336 e. The Morgan fingerprint density at radius 1 is 1.07 bits per heavy atom. The quantitative estimate of drug-likeness (QED) is 0.412. The van der Waals surface area contributed by atoms with Crippen molar-refractivity contribution in [1.82, 2.24) is 10.2 Å². The molecule has 7 heteroatoms. The number of hydrogen-bond acceptors (Lipinski definition) is 7. The number of aryl methyl sites for hydroxylation is 1. The Kier molecular flexibility index (Phi) is 4.68. The average Bonchev–Trinajstić information content (AvgIpc) is 3.11. The second-order valence-electron chi connectivity index (χ2n) is 6.09. The maximum absolute atomic E-state index is 11.9. The van der Waals surface area contributed by atoms with Gasteiger partial charge in [0.25, 0.3) is 5.22 Å². The van der Waals surface area contributed by atoms with Crippen LogP contribution in [0.4, 0.5) is 0 Å². The van der Waals surface area contributed by atoms with Crippen molar-refractivity contribution in [3.05, 3.63) is 81.5 Å². The van der Waals surface area contributed by atoms with E-state index >= 15 is 0 Å². The third kappa shape index (κ3) is 3.73. The first-order valence-corrected chi connectivity index (χ1v) is 9.33. The van der Waals surface area contributed by atoms with Crippen molar-refractivity contribution >= 4 is 22.7 Å². The minimum absolute atomic E-state index is 0.0953. The van der Waals surface area contributed by atoms with Crippen LogP contribution >= 0.6 is 11.8 Å². The number of thioether (sulfide) groups is 1. The van der Waals surface area contributed by atoms with Crippen molar-refractivity contribution in [2.45, 2.75) is 24.3 Å². The van der Waals surface area contributed by atoms with Crippen LogP contribution in [0.2, 0.25) is 0 Å². The Labute approximate surface area is 158 Å². The zero-order valence-corrected chi connectivity index (χ0v) is 15.3. The molecule has 0 radical (unpaired) electrons. The Hall–Kier alpha value is -3.06. The summed E-state index contributed by atoms with van der Waals surface area (Å²) in [6.07, 6.45) is 0.574. The van der Waals surface area contributed by atoms with Crippen LogP contribution in [-0.4, -0.2) is 15.3 Å². The van der Waals surface area contributed by atoms with E-state index in [-0.39, 0.29) is 5.75 Å². The van der Waals surface area contributed by atoms with Crippen molar-refractivity contribution in [1.29, 1.82) is 0 Å². The monoisotopic (exact) mass is 380 g/mol. The fourth-order valence-corrected chi connectivity index (χ4v) is 3.58. The molecule has 4 aromatic rings. The molecule has 0 saturated carbocycles. The number of nitrogens with zero attached hydrogens (tertiary/aromatic N) is 2. The van der Waals surface area contributed by atoms with E-state index in [4.69, 9.17) is 8.83 Å². The van der Waals surface area contributed by atoms with Gasteiger partial charge >= 0.3 is 5.63 Å². The molecule has 0 fully saturated rings. The van der Waals surface area contributed by atoms with Crippen LogP contribution in [-0.2, 0) is 12.2 Å². The highest BCUT2D eigenvalue weighted by Gasteiger charge is 2.13. The summed E-state index contributed by atoms with van der Waals surface area (Å²) in [6.45, 7) is 1.71. The number of hydrogen-bond donors (Lipinski definition) is 1. The minimum atomic E-state index is -0.456. The van der Waals surface area contributed by atoms with Gasteiger partial charge in [0.15, 0.2) is 0 Å². The first-order valence-electron chi connectivity index (χ1n) is 8.34. The molecular formula is C20H16N2O4S. The number of aromatic hydroxyl groups is 1. The van der Waals surface area contributed by atoms with Gasteiger partial charge in [-0.15, -0.1) is 10.2 Å². The van der Waals surface area contributed by atoms with Crippen molar-refractivity contribution in [3.63, 3.8) is 0 Å². The zero-order valence-electron chi connectivity index (χ0n) is 14.5. The molecule has 0 saturated heterocycles. The molecule has 0 aliphatic heterocycles. The molecule has 2 aromatic carbocycles. The summed E-state index contributed by atoms with van der Waals surface area (Å²) in [4.78, 5) is 11.9. The molecule has 4 rings (SSSR count). The van der Waals surface area contributed by atoms with Crippen LogP contribution in [0, 0.1) is 6.92 Å². The molecule has 1 N–H and O–H groups in total. The summed E-state index contributed by atoms with van der Waals surface area (Å²) in [5.41, 5.74) is 2.37. The summed E-state index contributed by atoms with van der Waals surface area (Å²) in [6, 6.07) is 14.7. The Balaban J connectivity index is 1.54. The van der Waals surface area contributed by atoms with Crippen LogP contribution < -0.4 is 5.63 Å². The van der Waals surface area contributed by atoms with E-state index in [0.717, 1.165) is 16.5 Å². The standard InChI is InChI=1S/C20H16N2O4S/c1-12-16(23)8-7-15-14(10-18(24)26-19(12)15)11-27-20-22-21-17(25-20)9-13-5-3-2-4-6-13/h2-8,10,23H,9,11H2,1H3. The van der Waals surface area contributed by atoms with Gasteiger partial charge in [-0.05, 0) is 30.2 Å². The highest BCUT2D eigenvalue weighted by Crippen LogP contribution is 2.30. The number of aromatic nitrogens is 2. The van der Waals surface area contributed by atoms with Gasteiger partial charge in [-0.1, -0.05) is 42.1 Å². The molecule has 6 nitrogen and oxygen atoms in total. The largest absolute Gasteiger partial charge is 0.508 e. The molecular weight excluding hydrogens is 364 g/mol. The normalized spacial score (nSPS) is 11.1. The Morgan fingerprint density at radius 2 is 1.89 bits per heavy atom. The van der Waals surface area contributed by atoms with Gasteiger partial charge in [0, 0.05) is 22.8 Å². The summed E-state index contributed by atoms with van der Waals surface area (Å²) >= 11 is 1.36. The van der Waals surface area contributed by atoms with Crippen molar-refractivity contribution in [2.75, 3.05) is 0 Å².